The first-order valence-electron chi connectivity index (χ1n) is 6.94. The van der Waals surface area contributed by atoms with E-state index in [1.165, 1.54) is 34.7 Å². The van der Waals surface area contributed by atoms with Crippen LogP contribution in [0.1, 0.15) is 5.56 Å². The van der Waals surface area contributed by atoms with Crippen molar-refractivity contribution in [3.05, 3.63) is 60.7 Å². The molecular formula is C13H12F2N6O3P+. The van der Waals surface area contributed by atoms with Crippen molar-refractivity contribution in [2.24, 2.45) is 0 Å². The molecule has 0 saturated carbocycles. The highest BCUT2D eigenvalue weighted by Crippen LogP contribution is 2.39. The van der Waals surface area contributed by atoms with Crippen LogP contribution in [0.25, 0.3) is 0 Å². The molecule has 0 fully saturated rings. The molecule has 9 nitrogen and oxygen atoms in total. The van der Waals surface area contributed by atoms with Crippen molar-refractivity contribution in [2.45, 2.75) is 18.7 Å². The van der Waals surface area contributed by atoms with E-state index in [1.807, 2.05) is 0 Å². The predicted octanol–water partition coefficient (Wildman–Crippen LogP) is 1.41. The maximum atomic E-state index is 14.5. The standard InChI is InChI=1S/C13H11F2N6O3P/c14-10-1-2-11(12(15)3-10)13(24-25(22)23,4-20-8-16-6-18-20)5-21-9-17-7-19-21/h1-3,6-9H,4-5H2/p+1. The van der Waals surface area contributed by atoms with Crippen LogP contribution >= 0.6 is 8.25 Å². The van der Waals surface area contributed by atoms with Crippen LogP contribution in [0, 0.1) is 11.6 Å². The van der Waals surface area contributed by atoms with Gasteiger partial charge in [0.25, 0.3) is 0 Å². The fourth-order valence-electron chi connectivity index (χ4n) is 2.49. The van der Waals surface area contributed by atoms with Gasteiger partial charge in [-0.05, 0) is 12.1 Å². The lowest BCUT2D eigenvalue weighted by Crippen LogP contribution is -2.39. The van der Waals surface area contributed by atoms with Gasteiger partial charge in [0, 0.05) is 16.2 Å². The van der Waals surface area contributed by atoms with E-state index in [1.54, 1.807) is 0 Å². The normalized spacial score (nSPS) is 12.4. The van der Waals surface area contributed by atoms with Crippen molar-refractivity contribution < 1.29 is 22.8 Å². The highest BCUT2D eigenvalue weighted by atomic mass is 31.1. The third kappa shape index (κ3) is 3.90. The second kappa shape index (κ2) is 7.09. The molecule has 0 aliphatic rings. The number of hydrogen-bond acceptors (Lipinski definition) is 6. The van der Waals surface area contributed by atoms with Gasteiger partial charge in [0.2, 0.25) is 0 Å². The van der Waals surface area contributed by atoms with Gasteiger partial charge < -0.3 is 0 Å². The fraction of sp³-hybridized carbons (Fsp3) is 0.231. The van der Waals surface area contributed by atoms with Crippen LogP contribution in [-0.2, 0) is 27.8 Å². The average molecular weight is 369 g/mol. The molecule has 0 aliphatic heterocycles. The van der Waals surface area contributed by atoms with Crippen molar-refractivity contribution in [2.75, 3.05) is 0 Å². The largest absolute Gasteiger partial charge is 0.695 e. The summed E-state index contributed by atoms with van der Waals surface area (Å²) in [4.78, 5) is 16.9. The van der Waals surface area contributed by atoms with E-state index in [2.05, 4.69) is 20.2 Å². The molecule has 130 valence electrons. The summed E-state index contributed by atoms with van der Waals surface area (Å²) in [6.45, 7) is -0.339. The molecule has 12 heteroatoms. The second-order valence-electron chi connectivity index (χ2n) is 5.13. The summed E-state index contributed by atoms with van der Waals surface area (Å²) in [5, 5.41) is 7.84. The zero-order chi connectivity index (χ0) is 17.9. The Labute approximate surface area is 140 Å². The zero-order valence-electron chi connectivity index (χ0n) is 12.6. The summed E-state index contributed by atoms with van der Waals surface area (Å²) >= 11 is 0. The molecule has 1 atom stereocenters. The van der Waals surface area contributed by atoms with Crippen LogP contribution < -0.4 is 0 Å². The minimum Gasteiger partial charge on any atom is -0.249 e. The van der Waals surface area contributed by atoms with Crippen molar-refractivity contribution in [1.82, 2.24) is 29.5 Å². The van der Waals surface area contributed by atoms with Crippen molar-refractivity contribution >= 4 is 8.25 Å². The third-order valence-corrected chi connectivity index (χ3v) is 3.95. The Hall–Kier alpha value is -2.62. The van der Waals surface area contributed by atoms with Gasteiger partial charge >= 0.3 is 8.25 Å². The summed E-state index contributed by atoms with van der Waals surface area (Å²) in [7, 11) is -3.13. The Morgan fingerprint density at radius 1 is 1.12 bits per heavy atom. The van der Waals surface area contributed by atoms with E-state index < -0.39 is 25.5 Å². The van der Waals surface area contributed by atoms with Gasteiger partial charge in [0.05, 0.1) is 13.1 Å². The lowest BCUT2D eigenvalue weighted by Gasteiger charge is -2.28. The van der Waals surface area contributed by atoms with Gasteiger partial charge in [-0.15, -0.1) is 9.42 Å². The lowest BCUT2D eigenvalue weighted by molar-refractivity contribution is 0.0158. The maximum Gasteiger partial charge on any atom is 0.695 e. The van der Waals surface area contributed by atoms with Crippen LogP contribution in [0.3, 0.4) is 0 Å². The highest BCUT2D eigenvalue weighted by molar-refractivity contribution is 7.32. The molecule has 1 aromatic carbocycles. The maximum absolute atomic E-state index is 14.5. The van der Waals surface area contributed by atoms with E-state index in [0.717, 1.165) is 12.1 Å². The second-order valence-corrected chi connectivity index (χ2v) is 5.79. The Morgan fingerprint density at radius 2 is 1.72 bits per heavy atom. The first-order chi connectivity index (χ1) is 12.0. The van der Waals surface area contributed by atoms with Gasteiger partial charge in [0.1, 0.15) is 36.9 Å². The van der Waals surface area contributed by atoms with Gasteiger partial charge in [-0.2, -0.15) is 10.2 Å². The van der Waals surface area contributed by atoms with Gasteiger partial charge in [-0.1, -0.05) is 0 Å². The molecule has 0 aliphatic carbocycles. The lowest BCUT2D eigenvalue weighted by atomic mass is 9.93. The molecule has 2 heterocycles. The molecule has 25 heavy (non-hydrogen) atoms. The van der Waals surface area contributed by atoms with Crippen molar-refractivity contribution in [3.8, 4) is 0 Å². The monoisotopic (exact) mass is 369 g/mol. The first kappa shape index (κ1) is 17.2. The smallest absolute Gasteiger partial charge is 0.249 e. The summed E-state index contributed by atoms with van der Waals surface area (Å²) in [6.07, 6.45) is 5.18. The minimum absolute atomic E-state index is 0.127. The molecule has 3 rings (SSSR count). The predicted molar refractivity (Wildman–Crippen MR) is 79.0 cm³/mol. The molecule has 1 N–H and O–H groups in total. The number of nitrogens with zero attached hydrogens (tertiary/aromatic N) is 6. The van der Waals surface area contributed by atoms with Gasteiger partial charge in [-0.3, -0.25) is 0 Å². The molecule has 0 saturated heterocycles. The summed E-state index contributed by atoms with van der Waals surface area (Å²) in [5.74, 6) is -1.72. The molecule has 0 spiro atoms. The summed E-state index contributed by atoms with van der Waals surface area (Å²) < 4.78 is 47.1. The van der Waals surface area contributed by atoms with Crippen LogP contribution in [0.15, 0.2) is 43.5 Å². The van der Waals surface area contributed by atoms with Gasteiger partial charge in [0.15, 0.2) is 5.60 Å². The quantitative estimate of drug-likeness (QED) is 0.627. The number of aromatic nitrogens is 6. The number of halogens is 2. The fourth-order valence-corrected chi connectivity index (χ4v) is 3.00. The Balaban J connectivity index is 2.13. The van der Waals surface area contributed by atoms with E-state index in [4.69, 9.17) is 4.52 Å². The summed E-state index contributed by atoms with van der Waals surface area (Å²) in [6, 6.07) is 2.85. The molecule has 0 bridgehead atoms. The molecule has 1 unspecified atom stereocenters. The van der Waals surface area contributed by atoms with E-state index in [9.17, 15) is 18.2 Å². The number of benzene rings is 1. The van der Waals surface area contributed by atoms with Crippen LogP contribution in [0.4, 0.5) is 8.78 Å². The van der Waals surface area contributed by atoms with Crippen molar-refractivity contribution in [1.29, 1.82) is 0 Å². The Bertz CT molecular complexity index is 823. The number of hydrogen-bond donors (Lipinski definition) is 1. The SMILES string of the molecule is O=[P+](O)OC(Cn1cncn1)(Cn1cncn1)c1ccc(F)cc1F. The molecule has 0 amide bonds. The first-order valence-corrected chi connectivity index (χ1v) is 8.07. The van der Waals surface area contributed by atoms with Crippen LogP contribution in [-0.4, -0.2) is 34.4 Å². The van der Waals surface area contributed by atoms with E-state index >= 15 is 0 Å². The van der Waals surface area contributed by atoms with Crippen LogP contribution in [0.2, 0.25) is 0 Å². The Morgan fingerprint density at radius 3 is 2.16 bits per heavy atom. The molecule has 0 radical (unpaired) electrons. The average Bonchev–Trinajstić information content (AvgIpc) is 3.20. The topological polar surface area (TPSA) is 108 Å². The molecule has 3 aromatic rings. The van der Waals surface area contributed by atoms with Crippen molar-refractivity contribution in [3.63, 3.8) is 0 Å². The third-order valence-electron chi connectivity index (χ3n) is 3.44. The zero-order valence-corrected chi connectivity index (χ0v) is 13.5. The van der Waals surface area contributed by atoms with E-state index in [-0.39, 0.29) is 18.7 Å². The Kier molecular flexibility index (Phi) is 4.88. The van der Waals surface area contributed by atoms with Gasteiger partial charge in [-0.25, -0.2) is 28.1 Å². The number of rotatable bonds is 7. The van der Waals surface area contributed by atoms with Crippen LogP contribution in [0.5, 0.6) is 0 Å². The highest BCUT2D eigenvalue weighted by Gasteiger charge is 2.46. The summed E-state index contributed by atoms with van der Waals surface area (Å²) in [5.41, 5.74) is -1.83. The minimum atomic E-state index is -3.13. The molecular weight excluding hydrogens is 357 g/mol. The van der Waals surface area contributed by atoms with E-state index in [0.29, 0.717) is 6.07 Å². The molecule has 2 aromatic heterocycles.